The van der Waals surface area contributed by atoms with E-state index in [2.05, 4.69) is 10.6 Å². The summed E-state index contributed by atoms with van der Waals surface area (Å²) >= 11 is 1.87. The molecule has 0 bridgehead atoms. The largest absolute Gasteiger partial charge is 0.343 e. The fraction of sp³-hybridized carbons (Fsp3) is 0.318. The van der Waals surface area contributed by atoms with E-state index in [1.54, 1.807) is 24.3 Å². The number of thioether (sulfide) groups is 1. The predicted molar refractivity (Wildman–Crippen MR) is 116 cm³/mol. The molecule has 2 N–H and O–H groups in total. The number of hydrogen-bond donors (Lipinski definition) is 2. The van der Waals surface area contributed by atoms with E-state index in [4.69, 9.17) is 0 Å². The molecule has 0 aliphatic carbocycles. The number of anilines is 1. The van der Waals surface area contributed by atoms with Gasteiger partial charge in [-0.25, -0.2) is 0 Å². The van der Waals surface area contributed by atoms with Gasteiger partial charge in [0.25, 0.3) is 5.91 Å². The number of carbonyl (C=O) groups excluding carboxylic acids is 3. The first-order valence-electron chi connectivity index (χ1n) is 9.61. The average molecular weight is 412 g/mol. The zero-order valence-electron chi connectivity index (χ0n) is 16.4. The molecule has 0 aromatic heterocycles. The molecule has 2 aromatic rings. The summed E-state index contributed by atoms with van der Waals surface area (Å²) in [4.78, 5) is 38.5. The Balaban J connectivity index is 1.46. The monoisotopic (exact) mass is 411 g/mol. The summed E-state index contributed by atoms with van der Waals surface area (Å²) in [5.74, 6) is 1.56. The minimum Gasteiger partial charge on any atom is -0.343 e. The number of nitrogens with one attached hydrogen (secondary N) is 2. The predicted octanol–water partition coefficient (Wildman–Crippen LogP) is 2.48. The fourth-order valence-corrected chi connectivity index (χ4v) is 4.00. The molecule has 1 heterocycles. The molecule has 1 aliphatic rings. The van der Waals surface area contributed by atoms with Crippen LogP contribution in [0.4, 0.5) is 5.69 Å². The number of rotatable bonds is 6. The van der Waals surface area contributed by atoms with Crippen molar-refractivity contribution in [3.8, 4) is 0 Å². The van der Waals surface area contributed by atoms with Gasteiger partial charge in [-0.3, -0.25) is 14.4 Å². The van der Waals surface area contributed by atoms with E-state index in [0.29, 0.717) is 17.7 Å². The van der Waals surface area contributed by atoms with E-state index in [9.17, 15) is 14.4 Å². The molecule has 1 fully saturated rings. The summed E-state index contributed by atoms with van der Waals surface area (Å²) in [6, 6.07) is 14.5. The molecular formula is C22H25N3O3S. The molecule has 6 nitrogen and oxygen atoms in total. The maximum absolute atomic E-state index is 12.3. The SMILES string of the molecule is Cc1ccccc1C(=O)NCC(=O)Nc1ccc(CC(=O)N2CCSCC2)cc1. The van der Waals surface area contributed by atoms with Crippen LogP contribution in [0.3, 0.4) is 0 Å². The maximum Gasteiger partial charge on any atom is 0.251 e. The van der Waals surface area contributed by atoms with Crippen LogP contribution < -0.4 is 10.6 Å². The minimum atomic E-state index is -0.304. The van der Waals surface area contributed by atoms with E-state index >= 15 is 0 Å². The van der Waals surface area contributed by atoms with Gasteiger partial charge >= 0.3 is 0 Å². The van der Waals surface area contributed by atoms with Crippen LogP contribution in [0.2, 0.25) is 0 Å². The van der Waals surface area contributed by atoms with Crippen LogP contribution in [0.15, 0.2) is 48.5 Å². The Kier molecular flexibility index (Phi) is 7.30. The first-order chi connectivity index (χ1) is 14.0. The van der Waals surface area contributed by atoms with Gasteiger partial charge in [0.15, 0.2) is 0 Å². The molecule has 0 radical (unpaired) electrons. The van der Waals surface area contributed by atoms with Crippen LogP contribution >= 0.6 is 11.8 Å². The number of amides is 3. The van der Waals surface area contributed by atoms with E-state index in [-0.39, 0.29) is 24.3 Å². The summed E-state index contributed by atoms with van der Waals surface area (Å²) in [7, 11) is 0. The van der Waals surface area contributed by atoms with Crippen molar-refractivity contribution in [3.05, 3.63) is 65.2 Å². The van der Waals surface area contributed by atoms with Gasteiger partial charge in [-0.1, -0.05) is 30.3 Å². The first-order valence-corrected chi connectivity index (χ1v) is 10.8. The minimum absolute atomic E-state index is 0.111. The highest BCUT2D eigenvalue weighted by Crippen LogP contribution is 2.14. The second-order valence-electron chi connectivity index (χ2n) is 6.91. The fourth-order valence-electron chi connectivity index (χ4n) is 3.09. The molecule has 0 saturated carbocycles. The van der Waals surface area contributed by atoms with Crippen molar-refractivity contribution < 1.29 is 14.4 Å². The maximum atomic E-state index is 12.3. The highest BCUT2D eigenvalue weighted by atomic mass is 32.2. The van der Waals surface area contributed by atoms with Gasteiger partial charge in [0.2, 0.25) is 11.8 Å². The van der Waals surface area contributed by atoms with E-state index < -0.39 is 0 Å². The molecule has 7 heteroatoms. The lowest BCUT2D eigenvalue weighted by atomic mass is 10.1. The summed E-state index contributed by atoms with van der Waals surface area (Å²) < 4.78 is 0. The number of carbonyl (C=O) groups is 3. The van der Waals surface area contributed by atoms with Crippen molar-refractivity contribution in [2.75, 3.05) is 36.5 Å². The Hall–Kier alpha value is -2.80. The normalized spacial score (nSPS) is 13.6. The zero-order valence-corrected chi connectivity index (χ0v) is 17.3. The zero-order chi connectivity index (χ0) is 20.6. The molecule has 2 aromatic carbocycles. The molecule has 0 atom stereocenters. The van der Waals surface area contributed by atoms with Crippen LogP contribution in [0.1, 0.15) is 21.5 Å². The third-order valence-corrected chi connectivity index (χ3v) is 5.70. The van der Waals surface area contributed by atoms with Crippen LogP contribution in [-0.4, -0.2) is 53.8 Å². The number of hydrogen-bond acceptors (Lipinski definition) is 4. The average Bonchev–Trinajstić information content (AvgIpc) is 2.74. The van der Waals surface area contributed by atoms with Crippen molar-refractivity contribution in [2.45, 2.75) is 13.3 Å². The highest BCUT2D eigenvalue weighted by molar-refractivity contribution is 7.99. The third-order valence-electron chi connectivity index (χ3n) is 4.76. The summed E-state index contributed by atoms with van der Waals surface area (Å²) in [6.07, 6.45) is 0.366. The van der Waals surface area contributed by atoms with Gasteiger partial charge in [0.05, 0.1) is 13.0 Å². The lowest BCUT2D eigenvalue weighted by molar-refractivity contribution is -0.130. The van der Waals surface area contributed by atoms with Gasteiger partial charge in [-0.2, -0.15) is 11.8 Å². The Morgan fingerprint density at radius 1 is 1.00 bits per heavy atom. The van der Waals surface area contributed by atoms with Crippen LogP contribution in [0.5, 0.6) is 0 Å². The summed E-state index contributed by atoms with van der Waals surface area (Å²) in [5, 5.41) is 5.39. The quantitative estimate of drug-likeness (QED) is 0.766. The Morgan fingerprint density at radius 3 is 2.38 bits per heavy atom. The second kappa shape index (κ2) is 10.1. The van der Waals surface area contributed by atoms with Crippen LogP contribution in [-0.2, 0) is 16.0 Å². The van der Waals surface area contributed by atoms with Gasteiger partial charge < -0.3 is 15.5 Å². The van der Waals surface area contributed by atoms with Gasteiger partial charge in [-0.05, 0) is 36.2 Å². The van der Waals surface area contributed by atoms with Gasteiger partial charge in [-0.15, -0.1) is 0 Å². The van der Waals surface area contributed by atoms with E-state index in [1.165, 1.54) is 0 Å². The standard InChI is InChI=1S/C22H25N3O3S/c1-16-4-2-3-5-19(16)22(28)23-15-20(26)24-18-8-6-17(7-9-18)14-21(27)25-10-12-29-13-11-25/h2-9H,10-15H2,1H3,(H,23,28)(H,24,26). The Labute approximate surface area is 175 Å². The van der Waals surface area contributed by atoms with E-state index in [1.807, 2.05) is 47.9 Å². The third kappa shape index (κ3) is 6.09. The van der Waals surface area contributed by atoms with Crippen molar-refractivity contribution in [3.63, 3.8) is 0 Å². The van der Waals surface area contributed by atoms with Crippen molar-refractivity contribution >= 4 is 35.2 Å². The molecular weight excluding hydrogens is 386 g/mol. The molecule has 0 unspecified atom stereocenters. The molecule has 152 valence electrons. The summed E-state index contributed by atoms with van der Waals surface area (Å²) in [5.41, 5.74) is 2.96. The first kappa shape index (κ1) is 20.9. The molecule has 3 rings (SSSR count). The molecule has 29 heavy (non-hydrogen) atoms. The number of benzene rings is 2. The smallest absolute Gasteiger partial charge is 0.251 e. The highest BCUT2D eigenvalue weighted by Gasteiger charge is 2.17. The lowest BCUT2D eigenvalue weighted by Gasteiger charge is -2.26. The molecule has 0 spiro atoms. The van der Waals surface area contributed by atoms with Crippen molar-refractivity contribution in [1.82, 2.24) is 10.2 Å². The van der Waals surface area contributed by atoms with Gasteiger partial charge in [0.1, 0.15) is 0 Å². The summed E-state index contributed by atoms with van der Waals surface area (Å²) in [6.45, 7) is 3.36. The second-order valence-corrected chi connectivity index (χ2v) is 8.14. The van der Waals surface area contributed by atoms with Gasteiger partial charge in [0, 0.05) is 35.8 Å². The van der Waals surface area contributed by atoms with Crippen molar-refractivity contribution in [2.24, 2.45) is 0 Å². The van der Waals surface area contributed by atoms with Crippen LogP contribution in [0.25, 0.3) is 0 Å². The van der Waals surface area contributed by atoms with Crippen LogP contribution in [0, 0.1) is 6.92 Å². The number of nitrogens with zero attached hydrogens (tertiary/aromatic N) is 1. The number of aryl methyl sites for hydroxylation is 1. The Bertz CT molecular complexity index is 877. The topological polar surface area (TPSA) is 78.5 Å². The van der Waals surface area contributed by atoms with E-state index in [0.717, 1.165) is 35.7 Å². The molecule has 3 amide bonds. The lowest BCUT2D eigenvalue weighted by Crippen LogP contribution is -2.38. The molecule has 1 saturated heterocycles. The molecule has 1 aliphatic heterocycles. The Morgan fingerprint density at radius 2 is 1.69 bits per heavy atom. The van der Waals surface area contributed by atoms with Crippen molar-refractivity contribution in [1.29, 1.82) is 0 Å².